The van der Waals surface area contributed by atoms with Crippen LogP contribution >= 0.6 is 0 Å². The first-order valence-electron chi connectivity index (χ1n) is 4.59. The van der Waals surface area contributed by atoms with Crippen LogP contribution in [0, 0.1) is 0 Å². The summed E-state index contributed by atoms with van der Waals surface area (Å²) in [5, 5.41) is 6.98. The molecule has 0 aromatic rings. The van der Waals surface area contributed by atoms with Crippen LogP contribution in [0.3, 0.4) is 0 Å². The molecule has 0 heterocycles. The number of carbonyl (C=O) groups is 3. The lowest BCUT2D eigenvalue weighted by atomic mass is 10.8. The molecule has 3 N–H and O–H groups in total. The Morgan fingerprint density at radius 1 is 0.750 bits per heavy atom. The molecule has 8 heteroatoms. The van der Waals surface area contributed by atoms with E-state index in [1.54, 1.807) is 14.1 Å². The van der Waals surface area contributed by atoms with Crippen LogP contribution < -0.4 is 16.0 Å². The van der Waals surface area contributed by atoms with Crippen LogP contribution in [0.4, 0.5) is 9.59 Å². The molecule has 0 bridgehead atoms. The average molecular weight is 299 g/mol. The molecule has 20 heavy (non-hydrogen) atoms. The van der Waals surface area contributed by atoms with Crippen molar-refractivity contribution in [3.8, 4) is 0 Å². The lowest BCUT2D eigenvalue weighted by Crippen LogP contribution is -2.28. The predicted molar refractivity (Wildman–Crippen MR) is 82.9 cm³/mol. The molecule has 0 spiro atoms. The van der Waals surface area contributed by atoms with E-state index in [4.69, 9.17) is 0 Å². The number of carbonyl (C=O) groups excluding carboxylic acids is 3. The minimum Gasteiger partial charge on any atom is -0.469 e. The van der Waals surface area contributed by atoms with E-state index in [1.165, 1.54) is 28.2 Å². The first kappa shape index (κ1) is 36.1. The van der Waals surface area contributed by atoms with Crippen LogP contribution in [0.15, 0.2) is 0 Å². The zero-order valence-electron chi connectivity index (χ0n) is 11.0. The summed E-state index contributed by atoms with van der Waals surface area (Å²) in [6.45, 7) is 1.36. The standard InChI is InChI=1S/C3H8N2O.C3H7NO2.C3H6O2.3CH4/c1-4-3(6)5-2;1-4-3(5)6-2;1-3(4)5-2;;;/h1-2H3,(H2,4,5,6);1-2H3,(H,4,5);1-2H3;3*1H4. The van der Waals surface area contributed by atoms with E-state index < -0.39 is 6.09 Å². The fourth-order valence-corrected chi connectivity index (χ4v) is 0.227. The van der Waals surface area contributed by atoms with E-state index in [1.807, 2.05) is 0 Å². The Balaban J connectivity index is -0.0000000343. The van der Waals surface area contributed by atoms with Gasteiger partial charge >= 0.3 is 18.1 Å². The van der Waals surface area contributed by atoms with Gasteiger partial charge in [0.25, 0.3) is 0 Å². The fraction of sp³-hybridized carbons (Fsp3) is 0.750. The summed E-state index contributed by atoms with van der Waals surface area (Å²) in [6.07, 6.45) is -0.407. The van der Waals surface area contributed by atoms with Crippen LogP contribution in [-0.4, -0.2) is 53.5 Å². The van der Waals surface area contributed by atoms with Gasteiger partial charge in [-0.2, -0.15) is 0 Å². The van der Waals surface area contributed by atoms with E-state index in [0.29, 0.717) is 0 Å². The Morgan fingerprint density at radius 3 is 1.05 bits per heavy atom. The maximum atomic E-state index is 9.96. The number of alkyl carbamates (subject to hydrolysis) is 1. The van der Waals surface area contributed by atoms with E-state index in [0.717, 1.165) is 0 Å². The highest BCUT2D eigenvalue weighted by Crippen LogP contribution is 1.62. The van der Waals surface area contributed by atoms with Crippen molar-refractivity contribution in [2.24, 2.45) is 0 Å². The SMILES string of the molecule is C.C.C.CNC(=O)NC.CNC(=O)OC.COC(C)=O. The van der Waals surface area contributed by atoms with Gasteiger partial charge in [-0.25, -0.2) is 9.59 Å². The molecule has 0 aromatic carbocycles. The molecule has 0 saturated carbocycles. The number of rotatable bonds is 0. The largest absolute Gasteiger partial charge is 0.469 e. The molecule has 0 saturated heterocycles. The Morgan fingerprint density at radius 2 is 1.05 bits per heavy atom. The molecule has 0 aliphatic rings. The third-order valence-corrected chi connectivity index (χ3v) is 1.13. The minimum atomic E-state index is -0.407. The van der Waals surface area contributed by atoms with Crippen molar-refractivity contribution in [3.63, 3.8) is 0 Å². The number of methoxy groups -OCH3 is 2. The van der Waals surface area contributed by atoms with Gasteiger partial charge in [-0.05, 0) is 0 Å². The highest BCUT2D eigenvalue weighted by molar-refractivity contribution is 5.72. The van der Waals surface area contributed by atoms with E-state index in [-0.39, 0.29) is 34.3 Å². The molecule has 0 aliphatic carbocycles. The number of nitrogens with one attached hydrogen (secondary N) is 3. The molecule has 0 aliphatic heterocycles. The maximum absolute atomic E-state index is 9.96. The van der Waals surface area contributed by atoms with Gasteiger partial charge in [-0.1, -0.05) is 22.3 Å². The summed E-state index contributed by atoms with van der Waals surface area (Å²) in [6, 6.07) is -0.157. The number of hydrogen-bond acceptors (Lipinski definition) is 5. The number of ether oxygens (including phenoxy) is 2. The molecule has 0 atom stereocenters. The van der Waals surface area contributed by atoms with Gasteiger partial charge in [0.15, 0.2) is 0 Å². The van der Waals surface area contributed by atoms with E-state index in [9.17, 15) is 14.4 Å². The number of urea groups is 1. The Labute approximate surface area is 123 Å². The first-order chi connectivity index (χ1) is 7.89. The summed E-state index contributed by atoms with van der Waals surface area (Å²) in [5.74, 6) is -0.245. The molecule has 0 unspecified atom stereocenters. The van der Waals surface area contributed by atoms with Crippen molar-refractivity contribution < 1.29 is 23.9 Å². The monoisotopic (exact) mass is 299 g/mol. The van der Waals surface area contributed by atoms with E-state index >= 15 is 0 Å². The summed E-state index contributed by atoms with van der Waals surface area (Å²) < 4.78 is 8.26. The van der Waals surface area contributed by atoms with Crippen molar-refractivity contribution in [2.75, 3.05) is 35.4 Å². The molecule has 0 fully saturated rings. The van der Waals surface area contributed by atoms with Crippen LogP contribution in [0.25, 0.3) is 0 Å². The van der Waals surface area contributed by atoms with Gasteiger partial charge in [0, 0.05) is 28.1 Å². The van der Waals surface area contributed by atoms with Gasteiger partial charge in [0.1, 0.15) is 0 Å². The molecular formula is C12H33N3O5. The third kappa shape index (κ3) is 56.2. The Hall–Kier alpha value is -1.99. The molecule has 8 nitrogen and oxygen atoms in total. The van der Waals surface area contributed by atoms with Crippen LogP contribution in [0.5, 0.6) is 0 Å². The number of amides is 3. The Bertz CT molecular complexity index is 195. The third-order valence-electron chi connectivity index (χ3n) is 1.13. The van der Waals surface area contributed by atoms with Crippen LogP contribution in [0.1, 0.15) is 29.2 Å². The van der Waals surface area contributed by atoms with Gasteiger partial charge in [-0.15, -0.1) is 0 Å². The smallest absolute Gasteiger partial charge is 0.406 e. The second-order valence-corrected chi connectivity index (χ2v) is 2.27. The quantitative estimate of drug-likeness (QED) is 0.589. The van der Waals surface area contributed by atoms with Crippen molar-refractivity contribution in [3.05, 3.63) is 0 Å². The van der Waals surface area contributed by atoms with E-state index in [2.05, 4.69) is 25.4 Å². The second-order valence-electron chi connectivity index (χ2n) is 2.27. The molecule has 126 valence electrons. The lowest BCUT2D eigenvalue weighted by Gasteiger charge is -1.91. The van der Waals surface area contributed by atoms with Gasteiger partial charge in [0.2, 0.25) is 0 Å². The molecule has 3 amide bonds. The zero-order chi connectivity index (χ0) is 14.3. The van der Waals surface area contributed by atoms with Crippen molar-refractivity contribution >= 4 is 18.1 Å². The summed E-state index contributed by atoms with van der Waals surface area (Å²) in [4.78, 5) is 29.4. The van der Waals surface area contributed by atoms with Gasteiger partial charge in [-0.3, -0.25) is 4.79 Å². The number of esters is 1. The normalized spacial score (nSPS) is 5.90. The summed E-state index contributed by atoms with van der Waals surface area (Å²) in [7, 11) is 7.31. The Kier molecular flexibility index (Phi) is 54.6. The molecular weight excluding hydrogens is 266 g/mol. The summed E-state index contributed by atoms with van der Waals surface area (Å²) >= 11 is 0. The summed E-state index contributed by atoms with van der Waals surface area (Å²) in [5.41, 5.74) is 0. The first-order valence-corrected chi connectivity index (χ1v) is 4.59. The minimum absolute atomic E-state index is 0. The second kappa shape index (κ2) is 30.2. The fourth-order valence-electron chi connectivity index (χ4n) is 0.227. The van der Waals surface area contributed by atoms with Crippen molar-refractivity contribution in [1.29, 1.82) is 0 Å². The highest BCUT2D eigenvalue weighted by Gasteiger charge is 1.85. The average Bonchev–Trinajstić information content (AvgIpc) is 2.37. The predicted octanol–water partition coefficient (Wildman–Crippen LogP) is 1.61. The highest BCUT2D eigenvalue weighted by atomic mass is 16.5. The number of hydrogen-bond donors (Lipinski definition) is 3. The van der Waals surface area contributed by atoms with Crippen molar-refractivity contribution in [1.82, 2.24) is 16.0 Å². The van der Waals surface area contributed by atoms with Crippen LogP contribution in [-0.2, 0) is 14.3 Å². The molecule has 0 radical (unpaired) electrons. The maximum Gasteiger partial charge on any atom is 0.406 e. The molecule has 0 rings (SSSR count). The topological polar surface area (TPSA) is 106 Å². The van der Waals surface area contributed by atoms with Crippen molar-refractivity contribution in [2.45, 2.75) is 29.2 Å². The van der Waals surface area contributed by atoms with Gasteiger partial charge in [0.05, 0.1) is 14.2 Å². The lowest BCUT2D eigenvalue weighted by molar-refractivity contribution is -0.137. The zero-order valence-corrected chi connectivity index (χ0v) is 11.0. The molecule has 0 aromatic heterocycles. The van der Waals surface area contributed by atoms with Crippen LogP contribution in [0.2, 0.25) is 0 Å². The van der Waals surface area contributed by atoms with Gasteiger partial charge < -0.3 is 25.4 Å².